The van der Waals surface area contributed by atoms with Crippen molar-refractivity contribution in [2.75, 3.05) is 0 Å². The summed E-state index contributed by atoms with van der Waals surface area (Å²) in [6.45, 7) is 6.84. The molecule has 0 unspecified atom stereocenters. The van der Waals surface area contributed by atoms with Crippen molar-refractivity contribution in [2.24, 2.45) is 5.92 Å². The van der Waals surface area contributed by atoms with E-state index in [1.807, 2.05) is 0 Å². The zero-order valence-electron chi connectivity index (χ0n) is 17.5. The van der Waals surface area contributed by atoms with Gasteiger partial charge in [-0.25, -0.2) is 0 Å². The lowest BCUT2D eigenvalue weighted by Crippen LogP contribution is -1.98. The van der Waals surface area contributed by atoms with Gasteiger partial charge in [-0.15, -0.1) is 0 Å². The molecule has 0 fully saturated rings. The zero-order valence-corrected chi connectivity index (χ0v) is 17.5. The van der Waals surface area contributed by atoms with E-state index in [4.69, 9.17) is 0 Å². The fraction of sp³-hybridized carbons (Fsp3) is 0.172. The third-order valence-electron chi connectivity index (χ3n) is 5.53. The summed E-state index contributed by atoms with van der Waals surface area (Å²) in [5.74, 6) is 0.652. The predicted molar refractivity (Wildman–Crippen MR) is 126 cm³/mol. The van der Waals surface area contributed by atoms with Crippen molar-refractivity contribution in [1.82, 2.24) is 0 Å². The quantitative estimate of drug-likeness (QED) is 0.329. The molecule has 0 saturated carbocycles. The average Bonchev–Trinajstić information content (AvgIpc) is 2.76. The summed E-state index contributed by atoms with van der Waals surface area (Å²) in [5, 5.41) is 0. The third-order valence-corrected chi connectivity index (χ3v) is 5.53. The van der Waals surface area contributed by atoms with E-state index < -0.39 is 0 Å². The first-order valence-electron chi connectivity index (χ1n) is 10.5. The van der Waals surface area contributed by atoms with Crippen LogP contribution in [0.5, 0.6) is 0 Å². The van der Waals surface area contributed by atoms with E-state index in [9.17, 15) is 0 Å². The second-order valence-corrected chi connectivity index (χ2v) is 8.22. The van der Waals surface area contributed by atoms with Gasteiger partial charge in [0, 0.05) is 0 Å². The van der Waals surface area contributed by atoms with Crippen molar-refractivity contribution in [2.45, 2.75) is 27.2 Å². The SMILES string of the molecule is Cc1c(CC(C)C)cccc1-c1cc(-c2ccccc2)cc(-c2ccccc2)c1. The van der Waals surface area contributed by atoms with Gasteiger partial charge in [0.1, 0.15) is 0 Å². The van der Waals surface area contributed by atoms with Crippen LogP contribution in [0.25, 0.3) is 33.4 Å². The highest BCUT2D eigenvalue weighted by molar-refractivity contribution is 5.82. The smallest absolute Gasteiger partial charge is 0.0152 e. The molecule has 0 aliphatic rings. The van der Waals surface area contributed by atoms with Crippen molar-refractivity contribution < 1.29 is 0 Å². The van der Waals surface area contributed by atoms with Crippen LogP contribution in [0, 0.1) is 12.8 Å². The molecule has 0 atom stereocenters. The Balaban J connectivity index is 1.90. The van der Waals surface area contributed by atoms with Gasteiger partial charge in [0.25, 0.3) is 0 Å². The Morgan fingerprint density at radius 2 is 1.07 bits per heavy atom. The molecule has 0 aromatic heterocycles. The summed E-state index contributed by atoms with van der Waals surface area (Å²) in [5.41, 5.74) is 10.5. The topological polar surface area (TPSA) is 0 Å². The van der Waals surface area contributed by atoms with Crippen LogP contribution in [0.1, 0.15) is 25.0 Å². The van der Waals surface area contributed by atoms with Crippen LogP contribution in [0.2, 0.25) is 0 Å². The maximum atomic E-state index is 2.34. The molecule has 0 nitrogen and oxygen atoms in total. The fourth-order valence-electron chi connectivity index (χ4n) is 4.03. The lowest BCUT2D eigenvalue weighted by molar-refractivity contribution is 0.645. The molecule has 4 aromatic carbocycles. The molecule has 0 amide bonds. The Hall–Kier alpha value is -3.12. The maximum absolute atomic E-state index is 2.34. The summed E-state index contributed by atoms with van der Waals surface area (Å²) in [4.78, 5) is 0. The molecular weight excluding hydrogens is 348 g/mol. The van der Waals surface area contributed by atoms with Crippen molar-refractivity contribution in [1.29, 1.82) is 0 Å². The number of hydrogen-bond acceptors (Lipinski definition) is 0. The Morgan fingerprint density at radius 3 is 1.59 bits per heavy atom. The Bertz CT molecular complexity index is 1030. The molecular formula is C29H28. The number of rotatable bonds is 5. The lowest BCUT2D eigenvalue weighted by Gasteiger charge is -2.16. The molecule has 0 bridgehead atoms. The first kappa shape index (κ1) is 19.2. The van der Waals surface area contributed by atoms with Crippen molar-refractivity contribution in [3.05, 3.63) is 108 Å². The molecule has 4 rings (SSSR count). The van der Waals surface area contributed by atoms with Gasteiger partial charge in [-0.2, -0.15) is 0 Å². The van der Waals surface area contributed by atoms with E-state index in [0.717, 1.165) is 6.42 Å². The summed E-state index contributed by atoms with van der Waals surface area (Å²) < 4.78 is 0. The molecule has 4 aromatic rings. The monoisotopic (exact) mass is 376 g/mol. The maximum Gasteiger partial charge on any atom is -0.0152 e. The van der Waals surface area contributed by atoms with Gasteiger partial charge in [0.2, 0.25) is 0 Å². The summed E-state index contributed by atoms with van der Waals surface area (Å²) in [6.07, 6.45) is 1.11. The Kier molecular flexibility index (Phi) is 5.62. The molecule has 0 aliphatic carbocycles. The molecule has 0 spiro atoms. The van der Waals surface area contributed by atoms with E-state index in [0.29, 0.717) is 5.92 Å². The minimum atomic E-state index is 0.652. The first-order valence-corrected chi connectivity index (χ1v) is 10.5. The van der Waals surface area contributed by atoms with Gasteiger partial charge in [-0.3, -0.25) is 0 Å². The summed E-state index contributed by atoms with van der Waals surface area (Å²) in [7, 11) is 0. The Morgan fingerprint density at radius 1 is 0.552 bits per heavy atom. The minimum Gasteiger partial charge on any atom is -0.0625 e. The highest BCUT2D eigenvalue weighted by Gasteiger charge is 2.11. The van der Waals surface area contributed by atoms with Crippen molar-refractivity contribution in [3.63, 3.8) is 0 Å². The molecule has 0 heteroatoms. The molecule has 0 heterocycles. The standard InChI is InChI=1S/C29H28/c1-21(2)17-25-15-10-16-29(22(25)3)28-19-26(23-11-6-4-7-12-23)18-27(20-28)24-13-8-5-9-14-24/h4-16,18-21H,17H2,1-3H3. The van der Waals surface area contributed by atoms with Crippen molar-refractivity contribution in [3.8, 4) is 33.4 Å². The minimum absolute atomic E-state index is 0.652. The van der Waals surface area contributed by atoms with Gasteiger partial charge in [0.05, 0.1) is 0 Å². The van der Waals surface area contributed by atoms with Crippen LogP contribution in [0.4, 0.5) is 0 Å². The van der Waals surface area contributed by atoms with Crippen LogP contribution in [0.15, 0.2) is 97.1 Å². The van der Waals surface area contributed by atoms with E-state index in [1.54, 1.807) is 0 Å². The zero-order chi connectivity index (χ0) is 20.2. The van der Waals surface area contributed by atoms with Crippen LogP contribution in [-0.4, -0.2) is 0 Å². The summed E-state index contributed by atoms with van der Waals surface area (Å²) in [6, 6.07) is 35.1. The third kappa shape index (κ3) is 4.32. The van der Waals surface area contributed by atoms with E-state index >= 15 is 0 Å². The lowest BCUT2D eigenvalue weighted by atomic mass is 9.89. The molecule has 0 radical (unpaired) electrons. The Labute approximate surface area is 174 Å². The number of hydrogen-bond donors (Lipinski definition) is 0. The van der Waals surface area contributed by atoms with Crippen molar-refractivity contribution >= 4 is 0 Å². The second-order valence-electron chi connectivity index (χ2n) is 8.22. The van der Waals surface area contributed by atoms with Gasteiger partial charge in [0.15, 0.2) is 0 Å². The highest BCUT2D eigenvalue weighted by atomic mass is 14.2. The first-order chi connectivity index (χ1) is 14.1. The highest BCUT2D eigenvalue weighted by Crippen LogP contribution is 2.35. The van der Waals surface area contributed by atoms with Gasteiger partial charge < -0.3 is 0 Å². The van der Waals surface area contributed by atoms with Gasteiger partial charge in [-0.1, -0.05) is 92.7 Å². The number of benzene rings is 4. The predicted octanol–water partition coefficient (Wildman–Crippen LogP) is 8.19. The van der Waals surface area contributed by atoms with E-state index in [2.05, 4.69) is 118 Å². The molecule has 0 saturated heterocycles. The van der Waals surface area contributed by atoms with Gasteiger partial charge >= 0.3 is 0 Å². The van der Waals surface area contributed by atoms with Crippen LogP contribution in [0.3, 0.4) is 0 Å². The van der Waals surface area contributed by atoms with Crippen LogP contribution in [-0.2, 0) is 6.42 Å². The average molecular weight is 377 g/mol. The molecule has 144 valence electrons. The summed E-state index contributed by atoms with van der Waals surface area (Å²) >= 11 is 0. The van der Waals surface area contributed by atoms with E-state index in [-0.39, 0.29) is 0 Å². The second kappa shape index (κ2) is 8.49. The van der Waals surface area contributed by atoms with Gasteiger partial charge in [-0.05, 0) is 82.0 Å². The molecule has 29 heavy (non-hydrogen) atoms. The van der Waals surface area contributed by atoms with E-state index in [1.165, 1.54) is 44.5 Å². The molecule has 0 N–H and O–H groups in total. The largest absolute Gasteiger partial charge is 0.0625 e. The fourth-order valence-corrected chi connectivity index (χ4v) is 4.03. The molecule has 0 aliphatic heterocycles. The van der Waals surface area contributed by atoms with Crippen LogP contribution < -0.4 is 0 Å². The normalized spacial score (nSPS) is 11.0. The van der Waals surface area contributed by atoms with Crippen LogP contribution >= 0.6 is 0 Å².